The van der Waals surface area contributed by atoms with E-state index in [4.69, 9.17) is 19.9 Å². The highest BCUT2D eigenvalue weighted by Crippen LogP contribution is 2.26. The lowest BCUT2D eigenvalue weighted by Gasteiger charge is -2.10. The molecule has 0 aliphatic carbocycles. The number of pyridine rings is 2. The second-order valence-electron chi connectivity index (χ2n) is 6.60. The van der Waals surface area contributed by atoms with Gasteiger partial charge in [0, 0.05) is 17.5 Å². The van der Waals surface area contributed by atoms with Crippen molar-refractivity contribution in [3.05, 3.63) is 66.2 Å². The van der Waals surface area contributed by atoms with Gasteiger partial charge in [0.1, 0.15) is 22.7 Å². The lowest BCUT2D eigenvalue weighted by molar-refractivity contribution is 0.0947. The highest BCUT2D eigenvalue weighted by molar-refractivity contribution is 6.05. The summed E-state index contributed by atoms with van der Waals surface area (Å²) in [5.74, 6) is 1.47. The van der Waals surface area contributed by atoms with Crippen molar-refractivity contribution in [2.45, 2.75) is 6.54 Å². The number of hydrogen-bond acceptors (Lipinski definition) is 9. The summed E-state index contributed by atoms with van der Waals surface area (Å²) in [5.41, 5.74) is 7.02. The summed E-state index contributed by atoms with van der Waals surface area (Å²) in [5, 5.41) is 3.34. The first-order chi connectivity index (χ1) is 15.6. The molecule has 1 aromatic carbocycles. The molecule has 0 saturated carbocycles. The normalized spacial score (nSPS) is 10.6. The van der Waals surface area contributed by atoms with Gasteiger partial charge in [0.2, 0.25) is 11.8 Å². The highest BCUT2D eigenvalue weighted by Gasteiger charge is 2.16. The Morgan fingerprint density at radius 1 is 1.00 bits per heavy atom. The van der Waals surface area contributed by atoms with Gasteiger partial charge < -0.3 is 25.3 Å². The molecule has 3 aromatic heterocycles. The average Bonchev–Trinajstić information content (AvgIpc) is 2.82. The van der Waals surface area contributed by atoms with Gasteiger partial charge in [0.05, 0.1) is 38.9 Å². The zero-order valence-corrected chi connectivity index (χ0v) is 17.4. The topological polar surface area (TPSA) is 134 Å². The SMILES string of the molecule is COc1cncc(Oc2cccc(CNC(=O)c3nc(N)nc4c(OC)cccc34)n2)c1. The molecule has 0 atom stereocenters. The van der Waals surface area contributed by atoms with Crippen LogP contribution in [0.4, 0.5) is 5.95 Å². The Morgan fingerprint density at radius 3 is 2.62 bits per heavy atom. The van der Waals surface area contributed by atoms with E-state index < -0.39 is 5.91 Å². The van der Waals surface area contributed by atoms with Crippen LogP contribution in [-0.2, 0) is 6.54 Å². The maximum atomic E-state index is 12.9. The zero-order chi connectivity index (χ0) is 22.5. The van der Waals surface area contributed by atoms with E-state index >= 15 is 0 Å². The number of benzene rings is 1. The van der Waals surface area contributed by atoms with Gasteiger partial charge in [0.15, 0.2) is 5.75 Å². The summed E-state index contributed by atoms with van der Waals surface area (Å²) >= 11 is 0. The average molecular weight is 432 g/mol. The molecular formula is C22H20N6O4. The second kappa shape index (κ2) is 9.13. The fourth-order valence-corrected chi connectivity index (χ4v) is 3.04. The van der Waals surface area contributed by atoms with Crippen LogP contribution in [-0.4, -0.2) is 40.1 Å². The lowest BCUT2D eigenvalue weighted by Crippen LogP contribution is -2.25. The molecule has 4 rings (SSSR count). The highest BCUT2D eigenvalue weighted by atomic mass is 16.5. The van der Waals surface area contributed by atoms with E-state index in [1.807, 2.05) is 0 Å². The van der Waals surface area contributed by atoms with Crippen LogP contribution in [0.15, 0.2) is 54.9 Å². The molecular weight excluding hydrogens is 412 g/mol. The second-order valence-corrected chi connectivity index (χ2v) is 6.60. The molecule has 4 aromatic rings. The molecule has 0 bridgehead atoms. The van der Waals surface area contributed by atoms with E-state index in [9.17, 15) is 4.79 Å². The Kier molecular flexibility index (Phi) is 5.93. The van der Waals surface area contributed by atoms with Crippen LogP contribution < -0.4 is 25.3 Å². The first-order valence-corrected chi connectivity index (χ1v) is 9.58. The zero-order valence-electron chi connectivity index (χ0n) is 17.4. The minimum Gasteiger partial charge on any atom is -0.495 e. The number of anilines is 1. The van der Waals surface area contributed by atoms with Gasteiger partial charge in [-0.2, -0.15) is 0 Å². The van der Waals surface area contributed by atoms with Crippen molar-refractivity contribution in [1.82, 2.24) is 25.3 Å². The fourth-order valence-electron chi connectivity index (χ4n) is 3.04. The maximum absolute atomic E-state index is 12.9. The molecule has 3 N–H and O–H groups in total. The summed E-state index contributed by atoms with van der Waals surface area (Å²) in [6, 6.07) is 12.2. The van der Waals surface area contributed by atoms with Crippen LogP contribution in [0.25, 0.3) is 10.9 Å². The Morgan fingerprint density at radius 2 is 1.81 bits per heavy atom. The molecule has 0 aliphatic heterocycles. The summed E-state index contributed by atoms with van der Waals surface area (Å²) in [7, 11) is 3.07. The third kappa shape index (κ3) is 4.48. The predicted molar refractivity (Wildman–Crippen MR) is 117 cm³/mol. The number of rotatable bonds is 7. The number of amides is 1. The number of para-hydroxylation sites is 1. The third-order valence-corrected chi connectivity index (χ3v) is 4.50. The first kappa shape index (κ1) is 20.8. The van der Waals surface area contributed by atoms with E-state index in [1.54, 1.807) is 62.0 Å². The van der Waals surface area contributed by atoms with Gasteiger partial charge in [-0.3, -0.25) is 9.78 Å². The Labute approximate surface area is 183 Å². The van der Waals surface area contributed by atoms with Crippen LogP contribution in [0.1, 0.15) is 16.2 Å². The number of nitrogen functional groups attached to an aromatic ring is 1. The van der Waals surface area contributed by atoms with Crippen LogP contribution in [0.3, 0.4) is 0 Å². The molecule has 0 fully saturated rings. The molecule has 10 nitrogen and oxygen atoms in total. The number of fused-ring (bicyclic) bond motifs is 1. The number of ether oxygens (including phenoxy) is 3. The van der Waals surface area contributed by atoms with Crippen LogP contribution in [0, 0.1) is 0 Å². The monoisotopic (exact) mass is 432 g/mol. The van der Waals surface area contributed by atoms with Crippen LogP contribution in [0.5, 0.6) is 23.1 Å². The summed E-state index contributed by atoms with van der Waals surface area (Å²) in [6.45, 7) is 0.155. The smallest absolute Gasteiger partial charge is 0.271 e. The fraction of sp³-hybridized carbons (Fsp3) is 0.136. The summed E-state index contributed by atoms with van der Waals surface area (Å²) in [4.78, 5) is 29.6. The number of nitrogens with one attached hydrogen (secondary N) is 1. The molecule has 10 heteroatoms. The van der Waals surface area contributed by atoms with Gasteiger partial charge in [-0.05, 0) is 12.1 Å². The molecule has 0 saturated heterocycles. The van der Waals surface area contributed by atoms with Crippen molar-refractivity contribution in [2.24, 2.45) is 0 Å². The largest absolute Gasteiger partial charge is 0.495 e. The molecule has 0 aliphatic rings. The molecule has 32 heavy (non-hydrogen) atoms. The van der Waals surface area contributed by atoms with E-state index in [0.29, 0.717) is 39.7 Å². The minimum absolute atomic E-state index is 0.0208. The van der Waals surface area contributed by atoms with E-state index in [1.165, 1.54) is 7.11 Å². The number of nitrogens with two attached hydrogens (primary N) is 1. The van der Waals surface area contributed by atoms with Crippen molar-refractivity contribution in [2.75, 3.05) is 20.0 Å². The lowest BCUT2D eigenvalue weighted by atomic mass is 10.1. The number of carbonyl (C=O) groups is 1. The molecule has 162 valence electrons. The summed E-state index contributed by atoms with van der Waals surface area (Å²) in [6.07, 6.45) is 3.13. The Hall–Kier alpha value is -4.47. The number of methoxy groups -OCH3 is 2. The van der Waals surface area contributed by atoms with Gasteiger partial charge in [0.25, 0.3) is 5.91 Å². The van der Waals surface area contributed by atoms with Gasteiger partial charge in [-0.1, -0.05) is 18.2 Å². The van der Waals surface area contributed by atoms with Gasteiger partial charge >= 0.3 is 0 Å². The molecule has 1 amide bonds. The molecule has 0 unspecified atom stereocenters. The van der Waals surface area contributed by atoms with E-state index in [-0.39, 0.29) is 18.2 Å². The number of nitrogens with zero attached hydrogens (tertiary/aromatic N) is 4. The first-order valence-electron chi connectivity index (χ1n) is 9.58. The van der Waals surface area contributed by atoms with E-state index in [2.05, 4.69) is 25.3 Å². The Bertz CT molecular complexity index is 1280. The molecule has 0 radical (unpaired) electrons. The predicted octanol–water partition coefficient (Wildman–Crippen LogP) is 2.74. The van der Waals surface area contributed by atoms with Crippen molar-refractivity contribution in [3.8, 4) is 23.1 Å². The molecule has 3 heterocycles. The van der Waals surface area contributed by atoms with E-state index in [0.717, 1.165) is 0 Å². The van der Waals surface area contributed by atoms with Crippen LogP contribution >= 0.6 is 0 Å². The number of hydrogen-bond donors (Lipinski definition) is 2. The summed E-state index contributed by atoms with van der Waals surface area (Å²) < 4.78 is 16.2. The van der Waals surface area contributed by atoms with Crippen LogP contribution in [0.2, 0.25) is 0 Å². The van der Waals surface area contributed by atoms with Gasteiger partial charge in [-0.25, -0.2) is 15.0 Å². The molecule has 0 spiro atoms. The minimum atomic E-state index is -0.414. The van der Waals surface area contributed by atoms with Crippen molar-refractivity contribution < 1.29 is 19.0 Å². The third-order valence-electron chi connectivity index (χ3n) is 4.50. The standard InChI is InChI=1S/C22H20N6O4/c1-30-14-9-15(12-24-11-14)32-18-8-3-5-13(26-18)10-25-21(29)20-16-6-4-7-17(31-2)19(16)27-22(23)28-20/h3-9,11-12H,10H2,1-2H3,(H,25,29)(H2,23,27,28). The Balaban J connectivity index is 1.51. The number of carbonyl (C=O) groups excluding carboxylic acids is 1. The van der Waals surface area contributed by atoms with Crippen molar-refractivity contribution in [1.29, 1.82) is 0 Å². The maximum Gasteiger partial charge on any atom is 0.271 e. The van der Waals surface area contributed by atoms with Gasteiger partial charge in [-0.15, -0.1) is 0 Å². The van der Waals surface area contributed by atoms with Crippen molar-refractivity contribution in [3.63, 3.8) is 0 Å². The quantitative estimate of drug-likeness (QED) is 0.452. The van der Waals surface area contributed by atoms with Crippen molar-refractivity contribution >= 4 is 22.8 Å². The number of aromatic nitrogens is 4.